The summed E-state index contributed by atoms with van der Waals surface area (Å²) in [5.41, 5.74) is 0.388. The van der Waals surface area contributed by atoms with E-state index in [2.05, 4.69) is 34.6 Å². The molecule has 0 unspecified atom stereocenters. The fourth-order valence-electron chi connectivity index (χ4n) is 3.79. The fraction of sp³-hybridized carbons (Fsp3) is 0.941. The van der Waals surface area contributed by atoms with E-state index in [0.717, 1.165) is 25.9 Å². The van der Waals surface area contributed by atoms with Crippen molar-refractivity contribution >= 4 is 5.91 Å². The van der Waals surface area contributed by atoms with Gasteiger partial charge >= 0.3 is 0 Å². The maximum absolute atomic E-state index is 12.4. The van der Waals surface area contributed by atoms with E-state index < -0.39 is 0 Å². The number of ether oxygens (including phenoxy) is 1. The van der Waals surface area contributed by atoms with Crippen LogP contribution in [0.25, 0.3) is 0 Å². The van der Waals surface area contributed by atoms with Gasteiger partial charge in [0.25, 0.3) is 0 Å². The minimum Gasteiger partial charge on any atom is -0.380 e. The predicted molar refractivity (Wildman–Crippen MR) is 83.7 cm³/mol. The summed E-state index contributed by atoms with van der Waals surface area (Å²) in [7, 11) is 1.73. The number of nitrogens with zero attached hydrogens (tertiary/aromatic N) is 1. The molecule has 0 aromatic rings. The third kappa shape index (κ3) is 5.43. The highest BCUT2D eigenvalue weighted by atomic mass is 16.5. The number of hydrogen-bond acceptors (Lipinski definition) is 2. The van der Waals surface area contributed by atoms with Gasteiger partial charge in [0.2, 0.25) is 5.91 Å². The monoisotopic (exact) mass is 283 g/mol. The van der Waals surface area contributed by atoms with Gasteiger partial charge in [0.15, 0.2) is 0 Å². The molecule has 0 saturated carbocycles. The van der Waals surface area contributed by atoms with Gasteiger partial charge in [-0.25, -0.2) is 0 Å². The minimum atomic E-state index is 0.0703. The van der Waals surface area contributed by atoms with Crippen LogP contribution in [-0.2, 0) is 9.53 Å². The summed E-state index contributed by atoms with van der Waals surface area (Å²) in [4.78, 5) is 14.4. The van der Waals surface area contributed by atoms with E-state index in [9.17, 15) is 4.79 Å². The number of methoxy groups -OCH3 is 1. The van der Waals surface area contributed by atoms with E-state index in [1.165, 1.54) is 12.8 Å². The molecule has 1 saturated heterocycles. The number of likely N-dealkylation sites (tertiary alicyclic amines) is 1. The summed E-state index contributed by atoms with van der Waals surface area (Å²) in [6, 6.07) is 0. The van der Waals surface area contributed by atoms with Crippen molar-refractivity contribution in [2.45, 2.75) is 72.8 Å². The molecule has 0 spiro atoms. The van der Waals surface area contributed by atoms with Crippen LogP contribution in [0, 0.1) is 10.8 Å². The SMILES string of the molecule is CCCC(C)(C)CC(C)(C)CC(=O)N1CC[C@H](OC)C1. The van der Waals surface area contributed by atoms with Crippen LogP contribution in [0.1, 0.15) is 66.7 Å². The Hall–Kier alpha value is -0.570. The average molecular weight is 283 g/mol. The van der Waals surface area contributed by atoms with Gasteiger partial charge in [-0.1, -0.05) is 41.0 Å². The van der Waals surface area contributed by atoms with Crippen molar-refractivity contribution in [2.75, 3.05) is 20.2 Å². The molecule has 0 N–H and O–H groups in total. The van der Waals surface area contributed by atoms with Crippen molar-refractivity contribution in [1.82, 2.24) is 4.90 Å². The van der Waals surface area contributed by atoms with Crippen LogP contribution in [0.2, 0.25) is 0 Å². The van der Waals surface area contributed by atoms with E-state index in [1.807, 2.05) is 4.90 Å². The summed E-state index contributed by atoms with van der Waals surface area (Å²) in [6.45, 7) is 12.9. The van der Waals surface area contributed by atoms with Gasteiger partial charge in [-0.3, -0.25) is 4.79 Å². The maximum Gasteiger partial charge on any atom is 0.223 e. The Bertz CT molecular complexity index is 323. The van der Waals surface area contributed by atoms with E-state index in [1.54, 1.807) is 7.11 Å². The Labute approximate surface area is 125 Å². The van der Waals surface area contributed by atoms with Crippen LogP contribution < -0.4 is 0 Å². The molecule has 0 aliphatic carbocycles. The van der Waals surface area contributed by atoms with Crippen molar-refractivity contribution in [2.24, 2.45) is 10.8 Å². The van der Waals surface area contributed by atoms with Gasteiger partial charge in [0.05, 0.1) is 6.10 Å². The van der Waals surface area contributed by atoms with E-state index in [4.69, 9.17) is 4.74 Å². The highest BCUT2D eigenvalue weighted by Crippen LogP contribution is 2.39. The first-order valence-corrected chi connectivity index (χ1v) is 8.00. The first kappa shape index (κ1) is 17.5. The molecule has 1 rings (SSSR count). The maximum atomic E-state index is 12.4. The van der Waals surface area contributed by atoms with Gasteiger partial charge in [0, 0.05) is 26.6 Å². The number of rotatable bonds is 7. The van der Waals surface area contributed by atoms with Crippen molar-refractivity contribution in [3.8, 4) is 0 Å². The lowest BCUT2D eigenvalue weighted by Gasteiger charge is -2.35. The normalized spacial score (nSPS) is 20.5. The first-order valence-electron chi connectivity index (χ1n) is 8.00. The molecule has 1 aliphatic rings. The molecule has 0 radical (unpaired) electrons. The zero-order valence-electron chi connectivity index (χ0n) is 14.3. The van der Waals surface area contributed by atoms with E-state index in [0.29, 0.717) is 17.7 Å². The second-order valence-corrected chi connectivity index (χ2v) is 7.92. The highest BCUT2D eigenvalue weighted by Gasteiger charge is 2.33. The molecule has 1 atom stereocenters. The quantitative estimate of drug-likeness (QED) is 0.710. The molecule has 0 aromatic heterocycles. The van der Waals surface area contributed by atoms with Crippen LogP contribution in [-0.4, -0.2) is 37.1 Å². The second-order valence-electron chi connectivity index (χ2n) is 7.92. The van der Waals surface area contributed by atoms with Crippen LogP contribution in [0.15, 0.2) is 0 Å². The summed E-state index contributed by atoms with van der Waals surface area (Å²) < 4.78 is 5.34. The molecule has 0 bridgehead atoms. The van der Waals surface area contributed by atoms with Crippen molar-refractivity contribution in [3.05, 3.63) is 0 Å². The van der Waals surface area contributed by atoms with Crippen LogP contribution in [0.5, 0.6) is 0 Å². The molecule has 3 heteroatoms. The molecule has 1 amide bonds. The molecule has 118 valence electrons. The van der Waals surface area contributed by atoms with Gasteiger partial charge in [-0.15, -0.1) is 0 Å². The average Bonchev–Trinajstić information content (AvgIpc) is 2.74. The molecular weight excluding hydrogens is 250 g/mol. The Morgan fingerprint density at radius 3 is 2.40 bits per heavy atom. The Balaban J connectivity index is 2.51. The molecule has 1 fully saturated rings. The summed E-state index contributed by atoms with van der Waals surface area (Å²) >= 11 is 0. The second kappa shape index (κ2) is 6.93. The van der Waals surface area contributed by atoms with Gasteiger partial charge in [0.1, 0.15) is 0 Å². The molecule has 1 aliphatic heterocycles. The van der Waals surface area contributed by atoms with Gasteiger partial charge in [-0.05, 0) is 30.1 Å². The fourth-order valence-corrected chi connectivity index (χ4v) is 3.79. The Morgan fingerprint density at radius 2 is 1.90 bits per heavy atom. The lowest BCUT2D eigenvalue weighted by molar-refractivity contribution is -0.133. The predicted octanol–water partition coefficient (Wildman–Crippen LogP) is 3.87. The molecule has 1 heterocycles. The van der Waals surface area contributed by atoms with Crippen molar-refractivity contribution < 1.29 is 9.53 Å². The van der Waals surface area contributed by atoms with Crippen LogP contribution in [0.4, 0.5) is 0 Å². The summed E-state index contributed by atoms with van der Waals surface area (Å²) in [5, 5.41) is 0. The number of carbonyl (C=O) groups is 1. The molecule has 0 aromatic carbocycles. The van der Waals surface area contributed by atoms with E-state index >= 15 is 0 Å². The van der Waals surface area contributed by atoms with Gasteiger partial charge in [-0.2, -0.15) is 0 Å². The molecular formula is C17H33NO2. The topological polar surface area (TPSA) is 29.5 Å². The lowest BCUT2D eigenvalue weighted by Crippen LogP contribution is -2.35. The standard InChI is InChI=1S/C17H33NO2/c1-7-9-16(2,3)13-17(4,5)11-15(19)18-10-8-14(12-18)20-6/h14H,7-13H2,1-6H3/t14-/m0/s1. The van der Waals surface area contributed by atoms with Crippen molar-refractivity contribution in [3.63, 3.8) is 0 Å². The summed E-state index contributed by atoms with van der Waals surface area (Å²) in [5.74, 6) is 0.293. The number of amides is 1. The first-order chi connectivity index (χ1) is 9.19. The third-order valence-corrected chi connectivity index (χ3v) is 4.34. The molecule has 20 heavy (non-hydrogen) atoms. The van der Waals surface area contributed by atoms with Crippen molar-refractivity contribution in [1.29, 1.82) is 0 Å². The minimum absolute atomic E-state index is 0.0703. The smallest absolute Gasteiger partial charge is 0.223 e. The molecule has 3 nitrogen and oxygen atoms in total. The summed E-state index contributed by atoms with van der Waals surface area (Å²) in [6.07, 6.45) is 5.39. The third-order valence-electron chi connectivity index (χ3n) is 4.34. The van der Waals surface area contributed by atoms with Crippen LogP contribution >= 0.6 is 0 Å². The highest BCUT2D eigenvalue weighted by molar-refractivity contribution is 5.77. The van der Waals surface area contributed by atoms with Crippen LogP contribution in [0.3, 0.4) is 0 Å². The number of carbonyl (C=O) groups excluding carboxylic acids is 1. The van der Waals surface area contributed by atoms with E-state index in [-0.39, 0.29) is 11.5 Å². The largest absolute Gasteiger partial charge is 0.380 e. The lowest BCUT2D eigenvalue weighted by atomic mass is 9.71. The zero-order chi connectivity index (χ0) is 15.4. The Kier molecular flexibility index (Phi) is 6.06. The van der Waals surface area contributed by atoms with Gasteiger partial charge < -0.3 is 9.64 Å². The Morgan fingerprint density at radius 1 is 1.25 bits per heavy atom. The number of hydrogen-bond donors (Lipinski definition) is 0. The zero-order valence-corrected chi connectivity index (χ0v) is 14.3.